The van der Waals surface area contributed by atoms with E-state index in [1.54, 1.807) is 18.3 Å². The van der Waals surface area contributed by atoms with Crippen LogP contribution in [0.2, 0.25) is 5.02 Å². The number of nitrogens with two attached hydrogens (primary N) is 1. The minimum Gasteiger partial charge on any atom is -0.482 e. The summed E-state index contributed by atoms with van der Waals surface area (Å²) in [5.74, 6) is -0.608. The minimum atomic E-state index is -0.605. The molecule has 2 fully saturated rings. The molecule has 0 saturated carbocycles. The molecule has 1 aromatic carbocycles. The first kappa shape index (κ1) is 32.4. The lowest BCUT2D eigenvalue weighted by atomic mass is 9.88. The summed E-state index contributed by atoms with van der Waals surface area (Å²) in [7, 11) is 0. The highest BCUT2D eigenvalue weighted by atomic mass is 35.5. The number of hydrogen-bond acceptors (Lipinski definition) is 8. The fourth-order valence-corrected chi connectivity index (χ4v) is 7.40. The van der Waals surface area contributed by atoms with Crippen LogP contribution >= 0.6 is 11.6 Å². The van der Waals surface area contributed by atoms with Crippen LogP contribution < -0.4 is 15.4 Å². The van der Waals surface area contributed by atoms with Gasteiger partial charge in [0.1, 0.15) is 11.6 Å². The molecule has 7 rings (SSSR count). The van der Waals surface area contributed by atoms with Crippen LogP contribution in [0, 0.1) is 17.7 Å². The molecule has 2 atom stereocenters. The number of carbonyl (C=O) groups excluding carboxylic acids is 2. The van der Waals surface area contributed by atoms with E-state index in [1.807, 2.05) is 10.7 Å². The summed E-state index contributed by atoms with van der Waals surface area (Å²) in [4.78, 5) is 39.3. The van der Waals surface area contributed by atoms with Crippen LogP contribution in [0.15, 0.2) is 36.7 Å². The summed E-state index contributed by atoms with van der Waals surface area (Å²) in [5.41, 5.74) is 9.67. The molecule has 0 aliphatic carbocycles. The molecule has 2 N–H and O–H groups in total. The first-order valence-electron chi connectivity index (χ1n) is 16.3. The van der Waals surface area contributed by atoms with Gasteiger partial charge < -0.3 is 15.2 Å². The zero-order valence-corrected chi connectivity index (χ0v) is 28.3. The van der Waals surface area contributed by atoms with Crippen LogP contribution in [0.4, 0.5) is 10.1 Å². The van der Waals surface area contributed by atoms with Crippen molar-refractivity contribution in [1.29, 1.82) is 0 Å². The van der Waals surface area contributed by atoms with Gasteiger partial charge in [-0.1, -0.05) is 38.4 Å². The highest BCUT2D eigenvalue weighted by molar-refractivity contribution is 6.30. The number of halogens is 2. The van der Waals surface area contributed by atoms with Gasteiger partial charge in [0.25, 0.3) is 11.8 Å². The number of pyridine rings is 2. The average Bonchev–Trinajstić information content (AvgIpc) is 3.44. The third kappa shape index (κ3) is 5.69. The molecule has 0 bridgehead atoms. The predicted molar refractivity (Wildman–Crippen MR) is 180 cm³/mol. The second kappa shape index (κ2) is 12.4. The van der Waals surface area contributed by atoms with Gasteiger partial charge in [-0.15, -0.1) is 0 Å². The molecule has 3 aliphatic heterocycles. The molecule has 11 nitrogen and oxygen atoms in total. The Hall–Kier alpha value is -4.13. The van der Waals surface area contributed by atoms with Crippen molar-refractivity contribution < 1.29 is 23.5 Å². The molecule has 3 aliphatic rings. The number of rotatable bonds is 8. The van der Waals surface area contributed by atoms with Crippen molar-refractivity contribution in [3.8, 4) is 16.9 Å². The van der Waals surface area contributed by atoms with Crippen LogP contribution in [0.5, 0.6) is 5.75 Å². The number of piperidine rings is 1. The Balaban J connectivity index is 1.31. The highest BCUT2D eigenvalue weighted by Gasteiger charge is 2.43. The van der Waals surface area contributed by atoms with Gasteiger partial charge in [0, 0.05) is 30.2 Å². The Kier molecular flexibility index (Phi) is 8.37. The largest absolute Gasteiger partial charge is 0.482 e. The monoisotopic (exact) mass is 675 g/mol. The summed E-state index contributed by atoms with van der Waals surface area (Å²) in [6.07, 6.45) is 4.56. The van der Waals surface area contributed by atoms with Gasteiger partial charge in [-0.05, 0) is 55.4 Å². The van der Waals surface area contributed by atoms with Crippen LogP contribution in [-0.4, -0.2) is 74.9 Å². The highest BCUT2D eigenvalue weighted by Crippen LogP contribution is 2.42. The van der Waals surface area contributed by atoms with E-state index >= 15 is 0 Å². The van der Waals surface area contributed by atoms with Crippen molar-refractivity contribution in [3.05, 3.63) is 64.5 Å². The smallest absolute Gasteiger partial charge is 0.265 e. The SMILES string of the molecule is CC(C)Cc1nc2c(cnn2[C@@H]2CCN(C3(C)COC3)C[C@H]2C)c(-c2ccc3c(c2)OCC(=O)N3Cc2ncc(Cl)cc2F)c1C(N)=O. The predicted octanol–water partition coefficient (Wildman–Crippen LogP) is 5.18. The quantitative estimate of drug-likeness (QED) is 0.271. The third-order valence-electron chi connectivity index (χ3n) is 9.81. The standard InChI is InChI=1S/C35H39ClFN7O4/c1-19(2)9-25-32(33(38)46)31(23-13-40-44(34(23)41-25)27-7-8-42(14-20(27)3)35(4)17-47-18-35)21-5-6-28-29(10-21)48-16-30(45)43(28)15-26-24(37)11-22(36)12-39-26/h5-6,10-13,19-20,27H,7-9,14-18H2,1-4H3,(H2,38,46)/t20-,27-/m1/s1. The molecule has 0 unspecified atom stereocenters. The Bertz CT molecular complexity index is 1930. The van der Waals surface area contributed by atoms with E-state index < -0.39 is 11.7 Å². The van der Waals surface area contributed by atoms with Crippen LogP contribution in [0.1, 0.15) is 61.9 Å². The van der Waals surface area contributed by atoms with Crippen molar-refractivity contribution in [2.24, 2.45) is 17.6 Å². The number of ether oxygens (including phenoxy) is 2. The molecule has 0 spiro atoms. The number of hydrogen-bond donors (Lipinski definition) is 1. The number of primary amides is 1. The van der Waals surface area contributed by atoms with Crippen molar-refractivity contribution in [2.75, 3.05) is 37.8 Å². The first-order chi connectivity index (χ1) is 22.9. The number of likely N-dealkylation sites (tertiary alicyclic amines) is 1. The van der Waals surface area contributed by atoms with Crippen LogP contribution in [0.3, 0.4) is 0 Å². The number of amides is 2. The van der Waals surface area contributed by atoms with Gasteiger partial charge >= 0.3 is 0 Å². The van der Waals surface area contributed by atoms with Crippen molar-refractivity contribution in [3.63, 3.8) is 0 Å². The summed E-state index contributed by atoms with van der Waals surface area (Å²) in [6.45, 7) is 11.7. The summed E-state index contributed by atoms with van der Waals surface area (Å²) < 4.78 is 28.1. The van der Waals surface area contributed by atoms with Crippen LogP contribution in [-0.2, 0) is 22.5 Å². The summed E-state index contributed by atoms with van der Waals surface area (Å²) in [5, 5.41) is 5.77. The van der Waals surface area contributed by atoms with Gasteiger partial charge in [-0.25, -0.2) is 14.1 Å². The van der Waals surface area contributed by atoms with E-state index in [1.165, 1.54) is 17.2 Å². The number of carbonyl (C=O) groups is 2. The third-order valence-corrected chi connectivity index (χ3v) is 10.0. The number of fused-ring (bicyclic) bond motifs is 2. The molecule has 2 saturated heterocycles. The fourth-order valence-electron chi connectivity index (χ4n) is 7.26. The van der Waals surface area contributed by atoms with Gasteiger partial charge in [0.05, 0.1) is 65.2 Å². The molecule has 252 valence electrons. The van der Waals surface area contributed by atoms with Gasteiger partial charge in [-0.3, -0.25) is 24.4 Å². The topological polar surface area (TPSA) is 129 Å². The van der Waals surface area contributed by atoms with Gasteiger partial charge in [0.15, 0.2) is 12.3 Å². The summed E-state index contributed by atoms with van der Waals surface area (Å²) in [6, 6.07) is 6.63. The lowest BCUT2D eigenvalue weighted by molar-refractivity contribution is -0.143. The van der Waals surface area contributed by atoms with Crippen molar-refractivity contribution in [2.45, 2.75) is 58.7 Å². The van der Waals surface area contributed by atoms with E-state index in [-0.39, 0.29) is 47.3 Å². The maximum atomic E-state index is 14.7. The van der Waals surface area contributed by atoms with Crippen molar-refractivity contribution >= 4 is 40.1 Å². The molecule has 2 amide bonds. The Labute approximate surface area is 283 Å². The zero-order valence-electron chi connectivity index (χ0n) is 27.5. The van der Waals surface area contributed by atoms with Gasteiger partial charge in [0.2, 0.25) is 0 Å². The average molecular weight is 676 g/mol. The second-order valence-electron chi connectivity index (χ2n) is 13.9. The zero-order chi connectivity index (χ0) is 33.9. The van der Waals surface area contributed by atoms with Crippen molar-refractivity contribution in [1.82, 2.24) is 24.6 Å². The molecule has 0 radical (unpaired) electrons. The van der Waals surface area contributed by atoms with E-state index in [0.717, 1.165) is 32.7 Å². The summed E-state index contributed by atoms with van der Waals surface area (Å²) >= 11 is 5.89. The minimum absolute atomic E-state index is 0.0753. The first-order valence-corrected chi connectivity index (χ1v) is 16.7. The Morgan fingerprint density at radius 2 is 2.00 bits per heavy atom. The number of nitrogens with zero attached hydrogens (tertiary/aromatic N) is 6. The number of aromatic nitrogens is 4. The number of benzene rings is 1. The molecule has 3 aromatic heterocycles. The van der Waals surface area contributed by atoms with E-state index in [4.69, 9.17) is 36.9 Å². The lowest BCUT2D eigenvalue weighted by Gasteiger charge is -2.51. The molecule has 6 heterocycles. The second-order valence-corrected chi connectivity index (χ2v) is 14.3. The fraction of sp³-hybridized carbons (Fsp3) is 0.457. The lowest BCUT2D eigenvalue weighted by Crippen LogP contribution is -2.63. The maximum absolute atomic E-state index is 14.7. The molecular weight excluding hydrogens is 637 g/mol. The number of anilines is 1. The van der Waals surface area contributed by atoms with Gasteiger partial charge in [-0.2, -0.15) is 5.10 Å². The molecule has 48 heavy (non-hydrogen) atoms. The van der Waals surface area contributed by atoms with E-state index in [0.29, 0.717) is 57.2 Å². The van der Waals surface area contributed by atoms with E-state index in [2.05, 4.69) is 37.6 Å². The molecular formula is C35H39ClFN7O4. The maximum Gasteiger partial charge on any atom is 0.265 e. The molecule has 4 aromatic rings. The Morgan fingerprint density at radius 3 is 2.67 bits per heavy atom. The van der Waals surface area contributed by atoms with Crippen LogP contribution in [0.25, 0.3) is 22.2 Å². The normalized spacial score (nSPS) is 20.9. The molecule has 13 heteroatoms. The Morgan fingerprint density at radius 1 is 1.21 bits per heavy atom. The van der Waals surface area contributed by atoms with E-state index in [9.17, 15) is 14.0 Å².